The minimum atomic E-state index is -0.783. The number of carbonyl (C=O) groups is 1. The zero-order valence-corrected chi connectivity index (χ0v) is 19.1. The van der Waals surface area contributed by atoms with E-state index in [4.69, 9.17) is 0 Å². The number of hydrogen-bond donors (Lipinski definition) is 1. The summed E-state index contributed by atoms with van der Waals surface area (Å²) in [7, 11) is 0. The predicted molar refractivity (Wildman–Crippen MR) is 130 cm³/mol. The van der Waals surface area contributed by atoms with Crippen molar-refractivity contribution in [2.45, 2.75) is 44.9 Å². The van der Waals surface area contributed by atoms with Gasteiger partial charge in [-0.3, -0.25) is 0 Å². The van der Waals surface area contributed by atoms with Crippen LogP contribution in [0.1, 0.15) is 56.1 Å². The van der Waals surface area contributed by atoms with Gasteiger partial charge in [0, 0.05) is 25.1 Å². The van der Waals surface area contributed by atoms with Gasteiger partial charge in [0.2, 0.25) is 0 Å². The van der Waals surface area contributed by atoms with E-state index in [-0.39, 0.29) is 17.6 Å². The fourth-order valence-corrected chi connectivity index (χ4v) is 3.96. The molecule has 0 spiro atoms. The van der Waals surface area contributed by atoms with E-state index in [1.54, 1.807) is 4.90 Å². The Morgan fingerprint density at radius 3 is 2.03 bits per heavy atom. The third-order valence-corrected chi connectivity index (χ3v) is 5.80. The summed E-state index contributed by atoms with van der Waals surface area (Å²) < 4.78 is 27.5. The molecule has 3 rings (SSSR count). The average molecular weight is 451 g/mol. The molecule has 0 aliphatic heterocycles. The number of halogens is 2. The lowest BCUT2D eigenvalue weighted by Crippen LogP contribution is -2.39. The first-order valence-electron chi connectivity index (χ1n) is 11.7. The number of hydrogen-bond acceptors (Lipinski definition) is 1. The summed E-state index contributed by atoms with van der Waals surface area (Å²) in [4.78, 5) is 15.0. The van der Waals surface area contributed by atoms with Gasteiger partial charge in [0.05, 0.1) is 5.69 Å². The summed E-state index contributed by atoms with van der Waals surface area (Å²) in [5.41, 5.74) is 2.20. The summed E-state index contributed by atoms with van der Waals surface area (Å²) in [6.45, 7) is 3.19. The van der Waals surface area contributed by atoms with Crippen LogP contribution >= 0.6 is 0 Å². The summed E-state index contributed by atoms with van der Waals surface area (Å²) in [6, 6.07) is 23.0. The highest BCUT2D eigenvalue weighted by molar-refractivity contribution is 5.89. The van der Waals surface area contributed by atoms with Crippen molar-refractivity contribution in [3.05, 3.63) is 102 Å². The maximum atomic E-state index is 14.2. The SMILES string of the molecule is CCCCCCCN(CC(c1ccccc1)c1ccccc1)C(=O)Nc1ccc(F)cc1F. The zero-order chi connectivity index (χ0) is 23.5. The van der Waals surface area contributed by atoms with Crippen molar-refractivity contribution in [3.63, 3.8) is 0 Å². The lowest BCUT2D eigenvalue weighted by molar-refractivity contribution is 0.208. The smallest absolute Gasteiger partial charge is 0.321 e. The summed E-state index contributed by atoms with van der Waals surface area (Å²) in [5.74, 6) is -1.48. The van der Waals surface area contributed by atoms with Crippen molar-refractivity contribution in [2.24, 2.45) is 0 Å². The summed E-state index contributed by atoms with van der Waals surface area (Å²) in [5, 5.41) is 2.64. The Morgan fingerprint density at radius 1 is 0.848 bits per heavy atom. The van der Waals surface area contributed by atoms with Crippen LogP contribution in [0.2, 0.25) is 0 Å². The van der Waals surface area contributed by atoms with Gasteiger partial charge in [-0.25, -0.2) is 13.6 Å². The van der Waals surface area contributed by atoms with E-state index in [0.717, 1.165) is 48.9 Å². The summed E-state index contributed by atoms with van der Waals surface area (Å²) >= 11 is 0. The Balaban J connectivity index is 1.82. The van der Waals surface area contributed by atoms with Gasteiger partial charge in [-0.1, -0.05) is 93.3 Å². The predicted octanol–water partition coefficient (Wildman–Crippen LogP) is 7.60. The molecule has 5 heteroatoms. The maximum Gasteiger partial charge on any atom is 0.321 e. The Bertz CT molecular complexity index is 956. The number of nitrogens with zero attached hydrogens (tertiary/aromatic N) is 1. The molecule has 0 saturated heterocycles. The quantitative estimate of drug-likeness (QED) is 0.300. The average Bonchev–Trinajstić information content (AvgIpc) is 2.83. The number of anilines is 1. The number of amides is 2. The van der Waals surface area contributed by atoms with Crippen molar-refractivity contribution >= 4 is 11.7 Å². The van der Waals surface area contributed by atoms with E-state index >= 15 is 0 Å². The van der Waals surface area contributed by atoms with E-state index in [0.29, 0.717) is 13.1 Å². The van der Waals surface area contributed by atoms with Crippen molar-refractivity contribution in [3.8, 4) is 0 Å². The Labute approximate surface area is 195 Å². The molecular weight excluding hydrogens is 418 g/mol. The van der Waals surface area contributed by atoms with Gasteiger partial charge in [0.15, 0.2) is 0 Å². The Morgan fingerprint density at radius 2 is 1.45 bits per heavy atom. The molecule has 0 unspecified atom stereocenters. The third-order valence-electron chi connectivity index (χ3n) is 5.80. The molecule has 0 radical (unpaired) electrons. The number of carbonyl (C=O) groups excluding carboxylic acids is 1. The van der Waals surface area contributed by atoms with Crippen LogP contribution < -0.4 is 5.32 Å². The number of urea groups is 1. The van der Waals surface area contributed by atoms with Gasteiger partial charge < -0.3 is 10.2 Å². The number of rotatable bonds is 11. The van der Waals surface area contributed by atoms with Gasteiger partial charge in [0.25, 0.3) is 0 Å². The van der Waals surface area contributed by atoms with Crippen LogP contribution in [0.25, 0.3) is 0 Å². The monoisotopic (exact) mass is 450 g/mol. The molecule has 3 nitrogen and oxygen atoms in total. The fourth-order valence-electron chi connectivity index (χ4n) is 3.96. The van der Waals surface area contributed by atoms with Crippen LogP contribution in [-0.2, 0) is 0 Å². The van der Waals surface area contributed by atoms with Crippen LogP contribution in [0.5, 0.6) is 0 Å². The first-order valence-corrected chi connectivity index (χ1v) is 11.7. The van der Waals surface area contributed by atoms with Crippen LogP contribution in [0.15, 0.2) is 78.9 Å². The second-order valence-electron chi connectivity index (χ2n) is 8.29. The molecule has 174 valence electrons. The van der Waals surface area contributed by atoms with Crippen molar-refractivity contribution in [1.82, 2.24) is 4.90 Å². The van der Waals surface area contributed by atoms with Gasteiger partial charge in [-0.05, 0) is 29.7 Å². The van der Waals surface area contributed by atoms with Crippen LogP contribution in [0.4, 0.5) is 19.3 Å². The van der Waals surface area contributed by atoms with Crippen LogP contribution in [0, 0.1) is 11.6 Å². The Hall–Kier alpha value is -3.21. The summed E-state index contributed by atoms with van der Waals surface area (Å²) in [6.07, 6.45) is 5.35. The lowest BCUT2D eigenvalue weighted by atomic mass is 9.90. The highest BCUT2D eigenvalue weighted by Gasteiger charge is 2.22. The minimum absolute atomic E-state index is 0.0200. The molecule has 3 aromatic carbocycles. The molecular formula is C28H32F2N2O. The highest BCUT2D eigenvalue weighted by Crippen LogP contribution is 2.26. The van der Waals surface area contributed by atoms with E-state index in [1.165, 1.54) is 12.5 Å². The second kappa shape index (κ2) is 12.7. The van der Waals surface area contributed by atoms with Gasteiger partial charge in [-0.2, -0.15) is 0 Å². The highest BCUT2D eigenvalue weighted by atomic mass is 19.1. The second-order valence-corrected chi connectivity index (χ2v) is 8.29. The van der Waals surface area contributed by atoms with Crippen molar-refractivity contribution < 1.29 is 13.6 Å². The van der Waals surface area contributed by atoms with Crippen LogP contribution in [0.3, 0.4) is 0 Å². The van der Waals surface area contributed by atoms with Gasteiger partial charge in [-0.15, -0.1) is 0 Å². The first-order chi connectivity index (χ1) is 16.1. The molecule has 2 amide bonds. The van der Waals surface area contributed by atoms with Crippen molar-refractivity contribution in [2.75, 3.05) is 18.4 Å². The maximum absolute atomic E-state index is 14.2. The molecule has 0 atom stereocenters. The first kappa shape index (κ1) is 24.4. The molecule has 0 aliphatic rings. The number of unbranched alkanes of at least 4 members (excludes halogenated alkanes) is 4. The molecule has 0 aliphatic carbocycles. The van der Waals surface area contributed by atoms with E-state index < -0.39 is 11.6 Å². The Kier molecular flexibility index (Phi) is 9.43. The normalized spacial score (nSPS) is 10.9. The molecule has 1 N–H and O–H groups in total. The zero-order valence-electron chi connectivity index (χ0n) is 19.1. The molecule has 0 heterocycles. The van der Waals surface area contributed by atoms with Crippen molar-refractivity contribution in [1.29, 1.82) is 0 Å². The third kappa shape index (κ3) is 7.41. The molecule has 0 bridgehead atoms. The van der Waals surface area contributed by atoms with E-state index in [9.17, 15) is 13.6 Å². The standard InChI is InChI=1S/C28H32F2N2O/c1-2-3-4-5-12-19-32(28(33)31-27-18-17-24(29)20-26(27)30)21-25(22-13-8-6-9-14-22)23-15-10-7-11-16-23/h6-11,13-18,20,25H,2-5,12,19,21H2,1H3,(H,31,33). The molecule has 0 fully saturated rings. The molecule has 33 heavy (non-hydrogen) atoms. The van der Waals surface area contributed by atoms with Gasteiger partial charge in [0.1, 0.15) is 11.6 Å². The molecule has 0 saturated carbocycles. The fraction of sp³-hybridized carbons (Fsp3) is 0.321. The molecule has 0 aromatic heterocycles. The number of nitrogens with one attached hydrogen (secondary N) is 1. The van der Waals surface area contributed by atoms with E-state index in [2.05, 4.69) is 36.5 Å². The van der Waals surface area contributed by atoms with Gasteiger partial charge >= 0.3 is 6.03 Å². The largest absolute Gasteiger partial charge is 0.324 e. The molecule has 3 aromatic rings. The topological polar surface area (TPSA) is 32.3 Å². The van der Waals surface area contributed by atoms with Crippen LogP contribution in [-0.4, -0.2) is 24.0 Å². The lowest BCUT2D eigenvalue weighted by Gasteiger charge is -2.29. The number of benzene rings is 3. The van der Waals surface area contributed by atoms with E-state index in [1.807, 2.05) is 36.4 Å². The minimum Gasteiger partial charge on any atom is -0.324 e.